The first-order valence-corrected chi connectivity index (χ1v) is 7.81. The van der Waals surface area contributed by atoms with Gasteiger partial charge in [0.25, 0.3) is 0 Å². The van der Waals surface area contributed by atoms with Crippen molar-refractivity contribution in [1.29, 1.82) is 0 Å². The van der Waals surface area contributed by atoms with Crippen LogP contribution in [0, 0.1) is 19.9 Å². The van der Waals surface area contributed by atoms with Crippen molar-refractivity contribution in [3.05, 3.63) is 106 Å². The fourth-order valence-corrected chi connectivity index (χ4v) is 2.85. The number of hydrogen-bond acceptors (Lipinski definition) is 0. The summed E-state index contributed by atoms with van der Waals surface area (Å²) in [6, 6.07) is 27.0. The van der Waals surface area contributed by atoms with Crippen molar-refractivity contribution in [3.63, 3.8) is 0 Å². The number of hydrogen-bond donors (Lipinski definition) is 0. The van der Waals surface area contributed by atoms with E-state index in [0.717, 1.165) is 12.8 Å². The summed E-state index contributed by atoms with van der Waals surface area (Å²) in [5.41, 5.74) is 8.17. The third-order valence-electron chi connectivity index (χ3n) is 4.32. The Morgan fingerprint density at radius 2 is 1.27 bits per heavy atom. The zero-order valence-corrected chi connectivity index (χ0v) is 13.3. The van der Waals surface area contributed by atoms with Gasteiger partial charge in [0.1, 0.15) is 0 Å². The molecule has 0 nitrogen and oxygen atoms in total. The number of benzene rings is 3. The topological polar surface area (TPSA) is 0 Å². The lowest BCUT2D eigenvalue weighted by Crippen LogP contribution is -2.02. The minimum atomic E-state index is 0.949. The molecule has 0 fully saturated rings. The first-order valence-electron chi connectivity index (χ1n) is 7.81. The van der Waals surface area contributed by atoms with Gasteiger partial charge in [-0.25, -0.2) is 0 Å². The molecule has 0 N–H and O–H groups in total. The lowest BCUT2D eigenvalue weighted by molar-refractivity contribution is 1.05. The van der Waals surface area contributed by atoms with Gasteiger partial charge in [-0.2, -0.15) is 0 Å². The van der Waals surface area contributed by atoms with Crippen LogP contribution in [0.4, 0.5) is 0 Å². The SMILES string of the molecule is Cc1c[c]c(Cc2ccccc2)c(Cc2ccccc2)c1C. The van der Waals surface area contributed by atoms with Gasteiger partial charge in [0.05, 0.1) is 0 Å². The first-order chi connectivity index (χ1) is 10.7. The van der Waals surface area contributed by atoms with Gasteiger partial charge >= 0.3 is 0 Å². The number of rotatable bonds is 4. The highest BCUT2D eigenvalue weighted by Gasteiger charge is 2.10. The lowest BCUT2D eigenvalue weighted by atomic mass is 9.89. The predicted octanol–water partition coefficient (Wildman–Crippen LogP) is 5.29. The van der Waals surface area contributed by atoms with Crippen LogP contribution in [-0.2, 0) is 12.8 Å². The molecule has 3 rings (SSSR count). The molecule has 0 unspecified atom stereocenters. The van der Waals surface area contributed by atoms with Crippen LogP contribution >= 0.6 is 0 Å². The number of aryl methyl sites for hydroxylation is 1. The van der Waals surface area contributed by atoms with Crippen LogP contribution in [0.2, 0.25) is 0 Å². The molecule has 0 aliphatic heterocycles. The standard InChI is InChI=1S/C22H21/c1-17-13-14-21(15-19-9-5-3-6-10-19)22(18(17)2)16-20-11-7-4-8-12-20/h3-13H,15-16H2,1-2H3. The molecule has 0 aromatic heterocycles. The Labute approximate surface area is 133 Å². The summed E-state index contributed by atoms with van der Waals surface area (Å²) in [7, 11) is 0. The van der Waals surface area contributed by atoms with E-state index in [-0.39, 0.29) is 0 Å². The van der Waals surface area contributed by atoms with Gasteiger partial charge < -0.3 is 0 Å². The minimum Gasteiger partial charge on any atom is -0.0622 e. The van der Waals surface area contributed by atoms with Crippen LogP contribution in [0.3, 0.4) is 0 Å². The summed E-state index contributed by atoms with van der Waals surface area (Å²) in [5, 5.41) is 0. The fraction of sp³-hybridized carbons (Fsp3) is 0.182. The van der Waals surface area contributed by atoms with Crippen molar-refractivity contribution < 1.29 is 0 Å². The summed E-state index contributed by atoms with van der Waals surface area (Å²) in [6.45, 7) is 4.41. The van der Waals surface area contributed by atoms with Crippen LogP contribution in [0.1, 0.15) is 33.4 Å². The van der Waals surface area contributed by atoms with Gasteiger partial charge in [0.2, 0.25) is 0 Å². The molecule has 0 spiro atoms. The molecule has 0 amide bonds. The van der Waals surface area contributed by atoms with Crippen LogP contribution in [0.15, 0.2) is 66.7 Å². The monoisotopic (exact) mass is 285 g/mol. The van der Waals surface area contributed by atoms with Crippen molar-refractivity contribution >= 4 is 0 Å². The highest BCUT2D eigenvalue weighted by molar-refractivity contribution is 5.44. The summed E-state index contributed by atoms with van der Waals surface area (Å²) in [4.78, 5) is 0. The molecule has 3 aromatic rings. The van der Waals surface area contributed by atoms with Gasteiger partial charge in [-0.1, -0.05) is 66.7 Å². The van der Waals surface area contributed by atoms with Gasteiger partial charge in [-0.05, 0) is 66.1 Å². The van der Waals surface area contributed by atoms with Crippen LogP contribution in [0.5, 0.6) is 0 Å². The van der Waals surface area contributed by atoms with Crippen molar-refractivity contribution in [2.75, 3.05) is 0 Å². The maximum absolute atomic E-state index is 3.51. The minimum absolute atomic E-state index is 0.949. The zero-order valence-electron chi connectivity index (χ0n) is 13.3. The van der Waals surface area contributed by atoms with E-state index in [0.29, 0.717) is 0 Å². The van der Waals surface area contributed by atoms with E-state index in [1.165, 1.54) is 33.4 Å². The van der Waals surface area contributed by atoms with E-state index >= 15 is 0 Å². The van der Waals surface area contributed by atoms with Gasteiger partial charge in [-0.15, -0.1) is 0 Å². The first kappa shape index (κ1) is 14.6. The molecule has 0 atom stereocenters. The second-order valence-electron chi connectivity index (χ2n) is 5.88. The van der Waals surface area contributed by atoms with Crippen molar-refractivity contribution in [1.82, 2.24) is 0 Å². The third-order valence-corrected chi connectivity index (χ3v) is 4.32. The predicted molar refractivity (Wildman–Crippen MR) is 93.2 cm³/mol. The molecule has 0 aliphatic carbocycles. The molecular weight excluding hydrogens is 264 g/mol. The van der Waals surface area contributed by atoms with E-state index in [4.69, 9.17) is 0 Å². The zero-order chi connectivity index (χ0) is 15.4. The van der Waals surface area contributed by atoms with Crippen molar-refractivity contribution in [2.24, 2.45) is 0 Å². The average Bonchev–Trinajstić information content (AvgIpc) is 2.56. The van der Waals surface area contributed by atoms with Gasteiger partial charge in [0.15, 0.2) is 0 Å². The van der Waals surface area contributed by atoms with E-state index in [1.807, 2.05) is 0 Å². The Morgan fingerprint density at radius 1 is 0.727 bits per heavy atom. The van der Waals surface area contributed by atoms with E-state index in [9.17, 15) is 0 Å². The highest BCUT2D eigenvalue weighted by Crippen LogP contribution is 2.23. The fourth-order valence-electron chi connectivity index (χ4n) is 2.85. The average molecular weight is 285 g/mol. The molecule has 0 bridgehead atoms. The largest absolute Gasteiger partial charge is 0.0622 e. The quantitative estimate of drug-likeness (QED) is 0.611. The molecule has 0 saturated heterocycles. The maximum atomic E-state index is 3.51. The smallest absolute Gasteiger partial charge is 0.00167 e. The Bertz CT molecular complexity index is 740. The van der Waals surface area contributed by atoms with E-state index in [2.05, 4.69) is 86.6 Å². The molecule has 0 saturated carbocycles. The van der Waals surface area contributed by atoms with E-state index < -0.39 is 0 Å². The van der Waals surface area contributed by atoms with E-state index in [1.54, 1.807) is 0 Å². The van der Waals surface area contributed by atoms with Gasteiger partial charge in [-0.3, -0.25) is 0 Å². The van der Waals surface area contributed by atoms with Crippen LogP contribution in [0.25, 0.3) is 0 Å². The second-order valence-corrected chi connectivity index (χ2v) is 5.88. The third kappa shape index (κ3) is 3.28. The summed E-state index contributed by atoms with van der Waals surface area (Å²) >= 11 is 0. The lowest BCUT2D eigenvalue weighted by Gasteiger charge is -2.15. The van der Waals surface area contributed by atoms with Crippen LogP contribution in [-0.4, -0.2) is 0 Å². The summed E-state index contributed by atoms with van der Waals surface area (Å²) in [5.74, 6) is 0. The maximum Gasteiger partial charge on any atom is -0.00167 e. The highest BCUT2D eigenvalue weighted by atomic mass is 14.1. The normalized spacial score (nSPS) is 10.6. The van der Waals surface area contributed by atoms with Crippen LogP contribution < -0.4 is 0 Å². The molecule has 109 valence electrons. The summed E-state index contributed by atoms with van der Waals surface area (Å²) in [6.07, 6.45) is 1.93. The molecule has 0 heteroatoms. The Kier molecular flexibility index (Phi) is 4.39. The molecule has 1 radical (unpaired) electrons. The molecule has 3 aromatic carbocycles. The Hall–Kier alpha value is -2.34. The van der Waals surface area contributed by atoms with Crippen molar-refractivity contribution in [3.8, 4) is 0 Å². The Morgan fingerprint density at radius 3 is 1.86 bits per heavy atom. The Balaban J connectivity index is 1.97. The second kappa shape index (κ2) is 6.62. The summed E-state index contributed by atoms with van der Waals surface area (Å²) < 4.78 is 0. The van der Waals surface area contributed by atoms with Gasteiger partial charge in [0, 0.05) is 0 Å². The molecular formula is C22H21. The molecule has 22 heavy (non-hydrogen) atoms. The van der Waals surface area contributed by atoms with Crippen molar-refractivity contribution in [2.45, 2.75) is 26.7 Å². The molecule has 0 aliphatic rings. The molecule has 0 heterocycles.